The van der Waals surface area contributed by atoms with Crippen LogP contribution in [0.25, 0.3) is 0 Å². The van der Waals surface area contributed by atoms with Crippen LogP contribution in [0.1, 0.15) is 50.7 Å². The van der Waals surface area contributed by atoms with Crippen molar-refractivity contribution in [2.45, 2.75) is 65.2 Å². The quantitative estimate of drug-likeness (QED) is 0.212. The van der Waals surface area contributed by atoms with E-state index in [1.807, 2.05) is 0 Å². The van der Waals surface area contributed by atoms with Crippen LogP contribution in [0.2, 0.25) is 0 Å². The van der Waals surface area contributed by atoms with E-state index in [0.717, 1.165) is 69.3 Å². The number of hydrogen-bond acceptors (Lipinski definition) is 4. The Morgan fingerprint density at radius 2 is 2.03 bits per heavy atom. The van der Waals surface area contributed by atoms with E-state index in [1.54, 1.807) is 7.05 Å². The van der Waals surface area contributed by atoms with E-state index >= 15 is 0 Å². The Kier molecular flexibility index (Phi) is 13.3. The highest BCUT2D eigenvalue weighted by molar-refractivity contribution is 14.0. The summed E-state index contributed by atoms with van der Waals surface area (Å²) in [5.74, 6) is 1.74. The molecule has 1 saturated heterocycles. The molecule has 0 aliphatic carbocycles. The molecule has 1 fully saturated rings. The fourth-order valence-electron chi connectivity index (χ4n) is 2.99. The molecule has 2 rings (SSSR count). The first kappa shape index (κ1) is 26.0. The summed E-state index contributed by atoms with van der Waals surface area (Å²) >= 11 is 0. The van der Waals surface area contributed by atoms with Crippen molar-refractivity contribution in [3.05, 3.63) is 29.3 Å². The van der Waals surface area contributed by atoms with E-state index in [0.29, 0.717) is 12.6 Å². The van der Waals surface area contributed by atoms with Crippen LogP contribution < -0.4 is 15.4 Å². The monoisotopic (exact) mass is 519 g/mol. The van der Waals surface area contributed by atoms with Crippen LogP contribution in [-0.2, 0) is 16.0 Å². The van der Waals surface area contributed by atoms with Gasteiger partial charge < -0.3 is 24.8 Å². The lowest BCUT2D eigenvalue weighted by Crippen LogP contribution is -2.37. The minimum atomic E-state index is 0. The molecule has 0 radical (unpaired) electrons. The number of ether oxygens (including phenoxy) is 3. The summed E-state index contributed by atoms with van der Waals surface area (Å²) in [7, 11) is 1.79. The first-order valence-corrected chi connectivity index (χ1v) is 10.5. The van der Waals surface area contributed by atoms with Gasteiger partial charge in [0, 0.05) is 45.5 Å². The first-order valence-electron chi connectivity index (χ1n) is 10.5. The highest BCUT2D eigenvalue weighted by Crippen LogP contribution is 2.22. The Bertz CT molecular complexity index is 607. The Labute approximate surface area is 193 Å². The second-order valence-electron chi connectivity index (χ2n) is 7.34. The molecular weight excluding hydrogens is 481 g/mol. The van der Waals surface area contributed by atoms with Crippen LogP contribution in [0, 0.1) is 6.92 Å². The van der Waals surface area contributed by atoms with Crippen LogP contribution in [0.4, 0.5) is 0 Å². The number of hydrogen-bond donors (Lipinski definition) is 2. The van der Waals surface area contributed by atoms with Gasteiger partial charge in [0.2, 0.25) is 0 Å². The van der Waals surface area contributed by atoms with Gasteiger partial charge in [-0.1, -0.05) is 19.1 Å². The summed E-state index contributed by atoms with van der Waals surface area (Å²) in [5.41, 5.74) is 2.34. The van der Waals surface area contributed by atoms with Crippen LogP contribution in [0.15, 0.2) is 23.2 Å². The molecule has 1 aliphatic rings. The fraction of sp³-hybridized carbons (Fsp3) is 0.682. The number of nitrogens with zero attached hydrogens (tertiary/aromatic N) is 1. The molecule has 29 heavy (non-hydrogen) atoms. The third-order valence-electron chi connectivity index (χ3n) is 4.93. The summed E-state index contributed by atoms with van der Waals surface area (Å²) in [6.45, 7) is 10.2. The van der Waals surface area contributed by atoms with Crippen molar-refractivity contribution in [3.63, 3.8) is 0 Å². The molecule has 0 saturated carbocycles. The second-order valence-corrected chi connectivity index (χ2v) is 7.34. The van der Waals surface area contributed by atoms with Gasteiger partial charge in [0.25, 0.3) is 0 Å². The van der Waals surface area contributed by atoms with Crippen LogP contribution in [-0.4, -0.2) is 51.6 Å². The molecule has 166 valence electrons. The van der Waals surface area contributed by atoms with Gasteiger partial charge in [-0.15, -0.1) is 24.0 Å². The molecule has 1 heterocycles. The standard InChI is InChI=1S/C22H37N3O3.HI/c1-5-18(3)28-21-15-17(2)7-8-19(21)16-25-22(23-4)24-11-6-12-27-20-9-13-26-14-10-20;/h7-8,15,18,20H,5-6,9-14,16H2,1-4H3,(H2,23,24,25);1H. The fourth-order valence-corrected chi connectivity index (χ4v) is 2.99. The lowest BCUT2D eigenvalue weighted by atomic mass is 10.1. The second kappa shape index (κ2) is 14.8. The molecule has 6 nitrogen and oxygen atoms in total. The third-order valence-corrected chi connectivity index (χ3v) is 4.93. The van der Waals surface area contributed by atoms with Gasteiger partial charge in [-0.25, -0.2) is 0 Å². The molecule has 7 heteroatoms. The number of benzene rings is 1. The number of nitrogens with one attached hydrogen (secondary N) is 2. The molecular formula is C22H38IN3O3. The van der Waals surface area contributed by atoms with E-state index < -0.39 is 0 Å². The lowest BCUT2D eigenvalue weighted by molar-refractivity contribution is -0.0320. The Balaban J connectivity index is 0.00000420. The zero-order valence-electron chi connectivity index (χ0n) is 18.3. The third kappa shape index (κ3) is 10.00. The highest BCUT2D eigenvalue weighted by atomic mass is 127. The highest BCUT2D eigenvalue weighted by Gasteiger charge is 2.13. The minimum Gasteiger partial charge on any atom is -0.490 e. The number of halogens is 1. The summed E-state index contributed by atoms with van der Waals surface area (Å²) in [6, 6.07) is 6.34. The van der Waals surface area contributed by atoms with E-state index in [-0.39, 0.29) is 30.1 Å². The van der Waals surface area contributed by atoms with Gasteiger partial charge in [-0.3, -0.25) is 4.99 Å². The van der Waals surface area contributed by atoms with Crippen molar-refractivity contribution in [1.29, 1.82) is 0 Å². The van der Waals surface area contributed by atoms with Gasteiger partial charge in [0.15, 0.2) is 5.96 Å². The van der Waals surface area contributed by atoms with Crippen molar-refractivity contribution in [2.24, 2.45) is 4.99 Å². The molecule has 0 bridgehead atoms. The average Bonchev–Trinajstić information content (AvgIpc) is 2.71. The van der Waals surface area contributed by atoms with Crippen molar-refractivity contribution < 1.29 is 14.2 Å². The Hall–Kier alpha value is -1.06. The van der Waals surface area contributed by atoms with Gasteiger partial charge in [0.1, 0.15) is 5.75 Å². The topological polar surface area (TPSA) is 64.1 Å². The maximum atomic E-state index is 6.09. The zero-order chi connectivity index (χ0) is 20.2. The van der Waals surface area contributed by atoms with Crippen molar-refractivity contribution in [3.8, 4) is 5.75 Å². The summed E-state index contributed by atoms with van der Waals surface area (Å²) in [4.78, 5) is 4.31. The molecule has 0 spiro atoms. The lowest BCUT2D eigenvalue weighted by Gasteiger charge is -2.22. The summed E-state index contributed by atoms with van der Waals surface area (Å²) in [5, 5.41) is 6.73. The van der Waals surface area contributed by atoms with Gasteiger partial charge in [0.05, 0.1) is 12.2 Å². The van der Waals surface area contributed by atoms with Crippen LogP contribution >= 0.6 is 24.0 Å². The molecule has 1 aliphatic heterocycles. The van der Waals surface area contributed by atoms with Gasteiger partial charge in [-0.05, 0) is 51.2 Å². The number of aliphatic imine (C=N–C) groups is 1. The largest absolute Gasteiger partial charge is 0.490 e. The Morgan fingerprint density at radius 3 is 2.72 bits per heavy atom. The van der Waals surface area contributed by atoms with Gasteiger partial charge >= 0.3 is 0 Å². The maximum absolute atomic E-state index is 6.09. The van der Waals surface area contributed by atoms with Crippen molar-refractivity contribution >= 4 is 29.9 Å². The predicted octanol–water partition coefficient (Wildman–Crippen LogP) is 4.04. The number of rotatable bonds is 10. The van der Waals surface area contributed by atoms with Gasteiger partial charge in [-0.2, -0.15) is 0 Å². The molecule has 0 aromatic heterocycles. The molecule has 1 aromatic carbocycles. The molecule has 0 amide bonds. The number of guanidine groups is 1. The van der Waals surface area contributed by atoms with Crippen molar-refractivity contribution in [2.75, 3.05) is 33.4 Å². The normalized spacial score (nSPS) is 16.1. The van der Waals surface area contributed by atoms with Crippen molar-refractivity contribution in [1.82, 2.24) is 10.6 Å². The first-order chi connectivity index (χ1) is 13.6. The maximum Gasteiger partial charge on any atom is 0.191 e. The van der Waals surface area contributed by atoms with E-state index in [4.69, 9.17) is 14.2 Å². The minimum absolute atomic E-state index is 0. The molecule has 2 N–H and O–H groups in total. The summed E-state index contributed by atoms with van der Waals surface area (Å²) < 4.78 is 17.3. The molecule has 1 atom stereocenters. The van der Waals surface area contributed by atoms with E-state index in [1.165, 1.54) is 5.56 Å². The van der Waals surface area contributed by atoms with E-state index in [2.05, 4.69) is 54.6 Å². The zero-order valence-corrected chi connectivity index (χ0v) is 20.7. The SMILES string of the molecule is CCC(C)Oc1cc(C)ccc1CNC(=NC)NCCCOC1CCOCC1.I. The molecule has 1 aromatic rings. The Morgan fingerprint density at radius 1 is 1.28 bits per heavy atom. The molecule has 1 unspecified atom stereocenters. The predicted molar refractivity (Wildman–Crippen MR) is 130 cm³/mol. The summed E-state index contributed by atoms with van der Waals surface area (Å²) in [6.07, 6.45) is 4.51. The van der Waals surface area contributed by atoms with E-state index in [9.17, 15) is 0 Å². The average molecular weight is 519 g/mol. The number of aryl methyl sites for hydroxylation is 1. The van der Waals surface area contributed by atoms with Crippen LogP contribution in [0.5, 0.6) is 5.75 Å². The smallest absolute Gasteiger partial charge is 0.191 e. The van der Waals surface area contributed by atoms with Crippen LogP contribution in [0.3, 0.4) is 0 Å².